The Morgan fingerprint density at radius 1 is 0.307 bits per heavy atom. The Hall–Kier alpha value is -8.65. The maximum atomic E-state index is 14.2. The number of hydrogen-bond acceptors (Lipinski definition) is 1. The van der Waals surface area contributed by atoms with E-state index < -0.39 is 195 Å². The highest BCUT2D eigenvalue weighted by atomic mass is 19.4. The second-order valence-electron chi connectivity index (χ2n) is 20.2. The first kappa shape index (κ1) is 63.8. The summed E-state index contributed by atoms with van der Waals surface area (Å²) in [4.78, 5) is 0. The zero-order valence-corrected chi connectivity index (χ0v) is 43.7. The lowest BCUT2D eigenvalue weighted by Crippen LogP contribution is -2.75. The van der Waals surface area contributed by atoms with Crippen molar-refractivity contribution in [2.45, 2.75) is 62.1 Å². The minimum absolute atomic E-state index is 0.115. The zero-order valence-electron chi connectivity index (χ0n) is 43.7. The van der Waals surface area contributed by atoms with Crippen molar-refractivity contribution in [2.75, 3.05) is 0 Å². The van der Waals surface area contributed by atoms with Crippen LogP contribution in [0.2, 0.25) is 0 Å². The Kier molecular flexibility index (Phi) is 16.3. The lowest BCUT2D eigenvalue weighted by Gasteiger charge is -2.46. The summed E-state index contributed by atoms with van der Waals surface area (Å²) in [5.74, 6) is 0.874. The van der Waals surface area contributed by atoms with Crippen molar-refractivity contribution < 1.29 is 115 Å². The molecule has 1 heterocycles. The fourth-order valence-electron chi connectivity index (χ4n) is 10.7. The van der Waals surface area contributed by atoms with Crippen molar-refractivity contribution >= 4 is 38.9 Å². The molecule has 2 nitrogen and oxygen atoms in total. The van der Waals surface area contributed by atoms with Gasteiger partial charge in [-0.1, -0.05) is 140 Å². The molecule has 27 heteroatoms. The number of alkyl halides is 24. The molecule has 0 fully saturated rings. The van der Waals surface area contributed by atoms with Gasteiger partial charge in [0.1, 0.15) is 6.15 Å². The molecule has 0 saturated carbocycles. The standard InChI is InChI=1S/C32H12BF24.C29H22NO/c34-25(35,36)13-1-14(26(37,38)39)6-21(5-13)33(22-7-15(27(40,41)42)2-16(8-22)28(43,44)45,23-9-17(29(46,47)48)3-18(10-23)30(49,50)51)24-11-19(31(52,53)54)4-20(12-24)32(55,56)57;1-2-10-21(11-3-1)20-30-27-17-9-4-12-22(27)18-19-28(30)31-29-25-15-7-5-13-23(25)24-14-6-8-16-26(24)29/h1-12H;1-19,29H,20H2/q-1;+1. The number of nitrogens with zero attached hydrogens (tertiary/aromatic N) is 1. The van der Waals surface area contributed by atoms with Crippen LogP contribution in [-0.4, -0.2) is 6.15 Å². The number of ether oxygens (including phenoxy) is 1. The number of aromatic nitrogens is 1. The van der Waals surface area contributed by atoms with Gasteiger partial charge in [-0.15, -0.1) is 0 Å². The third-order valence-electron chi connectivity index (χ3n) is 14.5. The molecule has 0 amide bonds. The van der Waals surface area contributed by atoms with Gasteiger partial charge in [0.2, 0.25) is 5.52 Å². The van der Waals surface area contributed by atoms with Gasteiger partial charge >= 0.3 is 55.3 Å². The molecule has 0 saturated heterocycles. The molecular formula is C61H34BF24NO. The molecule has 8 aromatic carbocycles. The van der Waals surface area contributed by atoms with Crippen LogP contribution in [0, 0.1) is 0 Å². The molecule has 1 aromatic heterocycles. The molecule has 88 heavy (non-hydrogen) atoms. The van der Waals surface area contributed by atoms with Gasteiger partial charge in [-0.3, -0.25) is 0 Å². The topological polar surface area (TPSA) is 13.1 Å². The van der Waals surface area contributed by atoms with Crippen molar-refractivity contribution in [3.63, 3.8) is 0 Å². The van der Waals surface area contributed by atoms with Crippen molar-refractivity contribution in [3.05, 3.63) is 249 Å². The highest BCUT2D eigenvalue weighted by Crippen LogP contribution is 2.46. The summed E-state index contributed by atoms with van der Waals surface area (Å²) in [6, 6.07) is 31.6. The second kappa shape index (κ2) is 22.5. The summed E-state index contributed by atoms with van der Waals surface area (Å²) in [6.45, 7) is 0.757. The Labute approximate surface area is 480 Å². The highest BCUT2D eigenvalue weighted by molar-refractivity contribution is 7.20. The summed E-state index contributed by atoms with van der Waals surface area (Å²) in [5.41, 5.74) is -22.8. The third kappa shape index (κ3) is 13.1. The summed E-state index contributed by atoms with van der Waals surface area (Å²) in [5, 5.41) is 1.21. The van der Waals surface area contributed by atoms with Crippen LogP contribution in [0.25, 0.3) is 22.0 Å². The largest absolute Gasteiger partial charge is 0.431 e. The average molecular weight is 1260 g/mol. The first-order valence-corrected chi connectivity index (χ1v) is 25.3. The molecule has 0 bridgehead atoms. The smallest absolute Gasteiger partial charge is 0.416 e. The first-order valence-electron chi connectivity index (χ1n) is 25.3. The summed E-state index contributed by atoms with van der Waals surface area (Å²) in [7, 11) is 0. The number of rotatable bonds is 8. The molecule has 10 rings (SSSR count). The number of halogens is 24. The van der Waals surface area contributed by atoms with E-state index in [2.05, 4.69) is 120 Å². The van der Waals surface area contributed by atoms with E-state index in [1.165, 1.54) is 38.7 Å². The normalized spacial score (nSPS) is 13.7. The third-order valence-corrected chi connectivity index (χ3v) is 14.5. The van der Waals surface area contributed by atoms with Crippen molar-refractivity contribution in [1.82, 2.24) is 0 Å². The minimum atomic E-state index is -6.13. The fourth-order valence-corrected chi connectivity index (χ4v) is 10.7. The molecule has 0 N–H and O–H groups in total. The molecule has 1 aliphatic carbocycles. The lowest BCUT2D eigenvalue weighted by molar-refractivity contribution is -0.668. The molecule has 460 valence electrons. The average Bonchev–Trinajstić information content (AvgIpc) is 2.10. The van der Waals surface area contributed by atoms with E-state index in [0.717, 1.165) is 12.4 Å². The predicted molar refractivity (Wildman–Crippen MR) is 274 cm³/mol. The number of para-hydroxylation sites is 1. The molecule has 0 spiro atoms. The Morgan fingerprint density at radius 2 is 0.591 bits per heavy atom. The van der Waals surface area contributed by atoms with Gasteiger partial charge in [0.25, 0.3) is 0 Å². The summed E-state index contributed by atoms with van der Waals surface area (Å²) in [6.07, 6.45) is -54.9. The Balaban J connectivity index is 0.000000246. The van der Waals surface area contributed by atoms with Gasteiger partial charge in [0.15, 0.2) is 12.6 Å². The van der Waals surface area contributed by atoms with E-state index in [0.29, 0.717) is 0 Å². The van der Waals surface area contributed by atoms with Gasteiger partial charge in [0.05, 0.1) is 50.6 Å². The van der Waals surface area contributed by atoms with Crippen LogP contribution in [0.5, 0.6) is 5.88 Å². The van der Waals surface area contributed by atoms with Crippen LogP contribution in [0.1, 0.15) is 67.3 Å². The van der Waals surface area contributed by atoms with Crippen LogP contribution < -0.4 is 31.2 Å². The van der Waals surface area contributed by atoms with Crippen LogP contribution in [0.3, 0.4) is 0 Å². The Morgan fingerprint density at radius 3 is 0.909 bits per heavy atom. The van der Waals surface area contributed by atoms with Crippen molar-refractivity contribution in [2.24, 2.45) is 0 Å². The number of fused-ring (bicyclic) bond motifs is 4. The van der Waals surface area contributed by atoms with Gasteiger partial charge < -0.3 is 4.74 Å². The SMILES string of the molecule is FC(F)(F)c1cc([B-](c2cc(C(F)(F)F)cc(C(F)(F)F)c2)(c2cc(C(F)(F)F)cc(C(F)(F)F)c2)c2cc(C(F)(F)F)cc(C(F)(F)F)c2)cc(C(F)(F)F)c1.c1ccc(C[n+]2c(OC3c4ccccc4-c4ccccc43)ccc3ccccc32)cc1. The van der Waals surface area contributed by atoms with Crippen LogP contribution in [0.4, 0.5) is 105 Å². The highest BCUT2D eigenvalue weighted by Gasteiger charge is 2.47. The van der Waals surface area contributed by atoms with E-state index in [1.54, 1.807) is 0 Å². The Bertz CT molecular complexity index is 3580. The molecule has 0 aliphatic heterocycles. The van der Waals surface area contributed by atoms with E-state index in [-0.39, 0.29) is 6.10 Å². The van der Waals surface area contributed by atoms with Gasteiger partial charge in [-0.05, 0) is 47.5 Å². The van der Waals surface area contributed by atoms with Gasteiger partial charge in [0, 0.05) is 28.1 Å². The quantitative estimate of drug-likeness (QED) is 0.0840. The fraction of sp³-hybridized carbons (Fsp3) is 0.164. The second-order valence-corrected chi connectivity index (χ2v) is 20.2. The molecule has 0 atom stereocenters. The lowest BCUT2D eigenvalue weighted by atomic mass is 9.12. The summed E-state index contributed by atoms with van der Waals surface area (Å²) < 4.78 is 350. The summed E-state index contributed by atoms with van der Waals surface area (Å²) >= 11 is 0. The molecular weight excluding hydrogens is 1230 g/mol. The van der Waals surface area contributed by atoms with Gasteiger partial charge in [-0.2, -0.15) is 132 Å². The number of pyridine rings is 1. The molecule has 1 aliphatic rings. The van der Waals surface area contributed by atoms with Crippen molar-refractivity contribution in [3.8, 4) is 17.0 Å². The van der Waals surface area contributed by atoms with Crippen LogP contribution in [-0.2, 0) is 56.0 Å². The van der Waals surface area contributed by atoms with E-state index in [4.69, 9.17) is 4.74 Å². The maximum absolute atomic E-state index is 14.2. The molecule has 9 aromatic rings. The monoisotopic (exact) mass is 1260 g/mol. The van der Waals surface area contributed by atoms with Gasteiger partial charge in [-0.25, -0.2) is 0 Å². The minimum Gasteiger partial charge on any atom is -0.431 e. The zero-order chi connectivity index (χ0) is 64.5. The molecule has 0 radical (unpaired) electrons. The van der Waals surface area contributed by atoms with E-state index >= 15 is 0 Å². The van der Waals surface area contributed by atoms with Crippen LogP contribution in [0.15, 0.2) is 188 Å². The predicted octanol–water partition coefficient (Wildman–Crippen LogP) is 17.5. The maximum Gasteiger partial charge on any atom is 0.416 e. The molecule has 0 unspecified atom stereocenters. The van der Waals surface area contributed by atoms with E-state index in [9.17, 15) is 105 Å². The van der Waals surface area contributed by atoms with E-state index in [1.807, 2.05) is 0 Å². The van der Waals surface area contributed by atoms with Crippen molar-refractivity contribution in [1.29, 1.82) is 0 Å². The van der Waals surface area contributed by atoms with Crippen LogP contribution >= 0.6 is 0 Å². The number of hydrogen-bond donors (Lipinski definition) is 0. The first-order chi connectivity index (χ1) is 40.6. The number of benzene rings is 8.